The third kappa shape index (κ3) is 21.7. The maximum atomic E-state index is 11.7. The molecule has 0 amide bonds. The van der Waals surface area contributed by atoms with Crippen LogP contribution in [0.15, 0.2) is 0 Å². The first kappa shape index (κ1) is 23.7. The van der Waals surface area contributed by atoms with Gasteiger partial charge in [-0.05, 0) is 6.42 Å². The molecule has 0 heterocycles. The molecule has 0 aromatic rings. The van der Waals surface area contributed by atoms with Crippen LogP contribution in [0.2, 0.25) is 0 Å². The smallest absolute Gasteiger partial charge is 0.113 e. The van der Waals surface area contributed by atoms with Crippen molar-refractivity contribution in [2.75, 3.05) is 86.0 Å². The lowest BCUT2D eigenvalue weighted by Gasteiger charge is -2.08. The molecule has 0 rings (SSSR count). The van der Waals surface area contributed by atoms with Crippen molar-refractivity contribution in [2.24, 2.45) is 0 Å². The van der Waals surface area contributed by atoms with Gasteiger partial charge in [0.1, 0.15) is 6.67 Å². The molecule has 0 aliphatic rings. The summed E-state index contributed by atoms with van der Waals surface area (Å²) in [7, 11) is 0. The summed E-state index contributed by atoms with van der Waals surface area (Å²) in [5.41, 5.74) is 0. The van der Waals surface area contributed by atoms with Crippen LogP contribution in [0.25, 0.3) is 0 Å². The number of hydrogen-bond acceptors (Lipinski definition) is 6. The van der Waals surface area contributed by atoms with Gasteiger partial charge in [0.25, 0.3) is 0 Å². The van der Waals surface area contributed by atoms with Crippen LogP contribution in [0.3, 0.4) is 0 Å². The summed E-state index contributed by atoms with van der Waals surface area (Å²) >= 11 is 0. The van der Waals surface area contributed by atoms with Crippen LogP contribution in [0.5, 0.6) is 0 Å². The van der Waals surface area contributed by atoms with Crippen molar-refractivity contribution in [3.63, 3.8) is 0 Å². The second-order valence-electron chi connectivity index (χ2n) is 5.07. The maximum Gasteiger partial charge on any atom is 0.113 e. The van der Waals surface area contributed by atoms with Gasteiger partial charge < -0.3 is 28.4 Å². The fourth-order valence-electron chi connectivity index (χ4n) is 1.71. The Morgan fingerprint density at radius 1 is 0.458 bits per heavy atom. The van der Waals surface area contributed by atoms with Crippen molar-refractivity contribution in [1.82, 2.24) is 0 Å². The van der Waals surface area contributed by atoms with E-state index in [0.29, 0.717) is 66.1 Å². The third-order valence-electron chi connectivity index (χ3n) is 2.97. The van der Waals surface area contributed by atoms with Crippen molar-refractivity contribution < 1.29 is 32.8 Å². The number of rotatable bonds is 21. The highest BCUT2D eigenvalue weighted by Gasteiger charge is 1.94. The number of alkyl halides is 1. The van der Waals surface area contributed by atoms with Gasteiger partial charge in [0.15, 0.2) is 0 Å². The van der Waals surface area contributed by atoms with Crippen molar-refractivity contribution in [2.45, 2.75) is 26.2 Å². The molecule has 0 aliphatic heterocycles. The average Bonchev–Trinajstić information content (AvgIpc) is 2.60. The minimum absolute atomic E-state index is 0.132. The predicted octanol–water partition coefficient (Wildman–Crippen LogP) is 2.25. The zero-order valence-corrected chi connectivity index (χ0v) is 15.1. The van der Waals surface area contributed by atoms with Gasteiger partial charge >= 0.3 is 0 Å². The molecule has 0 N–H and O–H groups in total. The van der Waals surface area contributed by atoms with E-state index in [0.717, 1.165) is 13.0 Å². The van der Waals surface area contributed by atoms with Gasteiger partial charge in [-0.25, -0.2) is 4.39 Å². The lowest BCUT2D eigenvalue weighted by atomic mass is 10.3. The second-order valence-corrected chi connectivity index (χ2v) is 5.07. The number of unbranched alkanes of at least 4 members (excludes halogenated alkanes) is 2. The van der Waals surface area contributed by atoms with E-state index in [-0.39, 0.29) is 6.61 Å². The van der Waals surface area contributed by atoms with Crippen molar-refractivity contribution >= 4 is 0 Å². The van der Waals surface area contributed by atoms with E-state index < -0.39 is 6.67 Å². The molecule has 146 valence electrons. The van der Waals surface area contributed by atoms with E-state index in [9.17, 15) is 4.39 Å². The monoisotopic (exact) mass is 354 g/mol. The molecule has 24 heavy (non-hydrogen) atoms. The summed E-state index contributed by atoms with van der Waals surface area (Å²) in [6, 6.07) is 0. The molecule has 0 fully saturated rings. The molecule has 0 radical (unpaired) electrons. The Hall–Kier alpha value is -0.310. The van der Waals surface area contributed by atoms with Crippen LogP contribution >= 0.6 is 0 Å². The van der Waals surface area contributed by atoms with E-state index in [4.69, 9.17) is 28.4 Å². The zero-order chi connectivity index (χ0) is 17.6. The van der Waals surface area contributed by atoms with E-state index in [2.05, 4.69) is 6.92 Å². The van der Waals surface area contributed by atoms with Gasteiger partial charge in [0.05, 0.1) is 72.7 Å². The standard InChI is InChI=1S/C17H35FO6/c1-2-3-4-6-19-8-10-21-12-14-23-16-17-24-15-13-22-11-9-20-7-5-18/h2-17H2,1H3. The Kier molecular flexibility index (Phi) is 22.4. The van der Waals surface area contributed by atoms with Gasteiger partial charge in [-0.15, -0.1) is 0 Å². The quantitative estimate of drug-likeness (QED) is 0.295. The summed E-state index contributed by atoms with van der Waals surface area (Å²) in [6.45, 7) is 8.00. The molecule has 0 aromatic carbocycles. The minimum Gasteiger partial charge on any atom is -0.379 e. The lowest BCUT2D eigenvalue weighted by Crippen LogP contribution is -2.14. The SMILES string of the molecule is CCCCCOCCOCCOCCOCCOCCOCCF. The minimum atomic E-state index is -0.457. The van der Waals surface area contributed by atoms with Gasteiger partial charge in [-0.2, -0.15) is 0 Å². The van der Waals surface area contributed by atoms with E-state index >= 15 is 0 Å². The number of halogens is 1. The molecule has 0 saturated carbocycles. The van der Waals surface area contributed by atoms with E-state index in [1.807, 2.05) is 0 Å². The molecule has 0 aliphatic carbocycles. The molecule has 0 atom stereocenters. The molecule has 7 heteroatoms. The lowest BCUT2D eigenvalue weighted by molar-refractivity contribution is -0.0172. The van der Waals surface area contributed by atoms with Gasteiger partial charge in [0.2, 0.25) is 0 Å². The highest BCUT2D eigenvalue weighted by atomic mass is 19.1. The highest BCUT2D eigenvalue weighted by molar-refractivity contribution is 4.38. The van der Waals surface area contributed by atoms with Gasteiger partial charge in [-0.1, -0.05) is 19.8 Å². The summed E-state index contributed by atoms with van der Waals surface area (Å²) in [4.78, 5) is 0. The maximum absolute atomic E-state index is 11.7. The normalized spacial score (nSPS) is 11.2. The largest absolute Gasteiger partial charge is 0.379 e. The average molecular weight is 354 g/mol. The van der Waals surface area contributed by atoms with Crippen LogP contribution in [-0.2, 0) is 28.4 Å². The van der Waals surface area contributed by atoms with E-state index in [1.54, 1.807) is 0 Å². The highest BCUT2D eigenvalue weighted by Crippen LogP contribution is 1.93. The number of hydrogen-bond donors (Lipinski definition) is 0. The molecule has 0 bridgehead atoms. The zero-order valence-electron chi connectivity index (χ0n) is 15.1. The van der Waals surface area contributed by atoms with Crippen LogP contribution in [0.1, 0.15) is 26.2 Å². The topological polar surface area (TPSA) is 55.4 Å². The molecular weight excluding hydrogens is 319 g/mol. The Labute approximate surface area is 145 Å². The fourth-order valence-corrected chi connectivity index (χ4v) is 1.71. The molecular formula is C17H35FO6. The van der Waals surface area contributed by atoms with Crippen molar-refractivity contribution in [1.29, 1.82) is 0 Å². The molecule has 6 nitrogen and oxygen atoms in total. The first-order valence-electron chi connectivity index (χ1n) is 8.94. The summed E-state index contributed by atoms with van der Waals surface area (Å²) in [6.07, 6.45) is 3.56. The molecule has 0 spiro atoms. The Morgan fingerprint density at radius 2 is 0.792 bits per heavy atom. The van der Waals surface area contributed by atoms with Crippen molar-refractivity contribution in [3.05, 3.63) is 0 Å². The third-order valence-corrected chi connectivity index (χ3v) is 2.97. The second kappa shape index (κ2) is 22.7. The van der Waals surface area contributed by atoms with Crippen LogP contribution in [0, 0.1) is 0 Å². The Balaban J connectivity index is 2.93. The van der Waals surface area contributed by atoms with E-state index in [1.165, 1.54) is 12.8 Å². The summed E-state index contributed by atoms with van der Waals surface area (Å²) in [5.74, 6) is 0. The fraction of sp³-hybridized carbons (Fsp3) is 1.00. The Bertz CT molecular complexity index is 199. The molecule has 0 unspecified atom stereocenters. The van der Waals surface area contributed by atoms with Gasteiger partial charge in [0, 0.05) is 6.61 Å². The molecule has 0 saturated heterocycles. The first-order valence-corrected chi connectivity index (χ1v) is 8.94. The summed E-state index contributed by atoms with van der Waals surface area (Å²) in [5, 5.41) is 0. The van der Waals surface area contributed by atoms with Crippen LogP contribution in [-0.4, -0.2) is 86.0 Å². The predicted molar refractivity (Wildman–Crippen MR) is 90.4 cm³/mol. The van der Waals surface area contributed by atoms with Crippen molar-refractivity contribution in [3.8, 4) is 0 Å². The Morgan fingerprint density at radius 3 is 1.12 bits per heavy atom. The van der Waals surface area contributed by atoms with Crippen LogP contribution < -0.4 is 0 Å². The first-order chi connectivity index (χ1) is 11.9. The summed E-state index contributed by atoms with van der Waals surface area (Å²) < 4.78 is 43.4. The van der Waals surface area contributed by atoms with Gasteiger partial charge in [-0.3, -0.25) is 0 Å². The number of ether oxygens (including phenoxy) is 6. The molecule has 0 aromatic heterocycles. The van der Waals surface area contributed by atoms with Crippen LogP contribution in [0.4, 0.5) is 4.39 Å².